The number of halogens is 1. The maximum atomic E-state index is 14.4. The van der Waals surface area contributed by atoms with E-state index in [-0.39, 0.29) is 48.5 Å². The Morgan fingerprint density at radius 1 is 1.00 bits per heavy atom. The van der Waals surface area contributed by atoms with Gasteiger partial charge in [0.05, 0.1) is 25.8 Å². The third-order valence-corrected chi connectivity index (χ3v) is 9.44. The van der Waals surface area contributed by atoms with Crippen LogP contribution in [0.5, 0.6) is 5.88 Å². The molecule has 0 bridgehead atoms. The van der Waals surface area contributed by atoms with Crippen LogP contribution in [0.3, 0.4) is 0 Å². The van der Waals surface area contributed by atoms with Gasteiger partial charge < -0.3 is 19.5 Å². The van der Waals surface area contributed by atoms with Crippen LogP contribution >= 0.6 is 0 Å². The zero-order valence-corrected chi connectivity index (χ0v) is 25.2. The molecule has 1 aliphatic carbocycles. The second-order valence-electron chi connectivity index (χ2n) is 12.8. The Labute approximate surface area is 252 Å². The Morgan fingerprint density at radius 3 is 2.40 bits per heavy atom. The SMILES string of the molecule is C[C@@H]1CN(CC(=O)N2c3cc(Cc4ccc(F)cc4)cnc3OC[C@@H]2C2CC2)[C@@H](CN2[C@H](C)COC[C@H]2C)CN1C(=O)O. The van der Waals surface area contributed by atoms with Crippen LogP contribution in [0, 0.1) is 11.7 Å². The zero-order valence-electron chi connectivity index (χ0n) is 25.2. The van der Waals surface area contributed by atoms with Gasteiger partial charge in [-0.1, -0.05) is 12.1 Å². The molecule has 1 aromatic heterocycles. The number of carbonyl (C=O) groups excluding carboxylic acids is 1. The number of pyridine rings is 1. The van der Waals surface area contributed by atoms with Gasteiger partial charge in [0.2, 0.25) is 11.8 Å². The Morgan fingerprint density at radius 2 is 1.72 bits per heavy atom. The topological polar surface area (TPSA) is 98.7 Å². The highest BCUT2D eigenvalue weighted by Crippen LogP contribution is 2.43. The van der Waals surface area contributed by atoms with Gasteiger partial charge in [-0.15, -0.1) is 0 Å². The fourth-order valence-electron chi connectivity index (χ4n) is 6.90. The molecule has 4 heterocycles. The van der Waals surface area contributed by atoms with Crippen LogP contribution < -0.4 is 9.64 Å². The number of amides is 2. The van der Waals surface area contributed by atoms with Crippen molar-refractivity contribution in [3.8, 4) is 5.88 Å². The molecule has 4 aliphatic rings. The summed E-state index contributed by atoms with van der Waals surface area (Å²) in [7, 11) is 0. The molecule has 2 saturated heterocycles. The van der Waals surface area contributed by atoms with E-state index in [0.29, 0.717) is 63.4 Å². The predicted molar refractivity (Wildman–Crippen MR) is 159 cm³/mol. The average molecular weight is 596 g/mol. The summed E-state index contributed by atoms with van der Waals surface area (Å²) in [6.45, 7) is 9.50. The number of carbonyl (C=O) groups is 2. The molecule has 1 N–H and O–H groups in total. The molecule has 0 unspecified atom stereocenters. The fraction of sp³-hybridized carbons (Fsp3) is 0.594. The predicted octanol–water partition coefficient (Wildman–Crippen LogP) is 3.48. The van der Waals surface area contributed by atoms with E-state index in [2.05, 4.69) is 28.6 Å². The van der Waals surface area contributed by atoms with Crippen LogP contribution in [0.4, 0.5) is 14.9 Å². The quantitative estimate of drug-likeness (QED) is 0.520. The van der Waals surface area contributed by atoms with Crippen LogP contribution in [0.2, 0.25) is 0 Å². The Bertz CT molecular complexity index is 1310. The molecule has 5 atom stereocenters. The van der Waals surface area contributed by atoms with Gasteiger partial charge in [-0.05, 0) is 75.3 Å². The minimum atomic E-state index is -0.929. The molecule has 10 nitrogen and oxygen atoms in total. The summed E-state index contributed by atoms with van der Waals surface area (Å²) in [5.41, 5.74) is 2.55. The van der Waals surface area contributed by atoms with Crippen LogP contribution in [-0.4, -0.2) is 113 Å². The summed E-state index contributed by atoms with van der Waals surface area (Å²) >= 11 is 0. The van der Waals surface area contributed by atoms with E-state index >= 15 is 0 Å². The number of piperazine rings is 1. The van der Waals surface area contributed by atoms with Crippen molar-refractivity contribution in [3.63, 3.8) is 0 Å². The van der Waals surface area contributed by atoms with Crippen LogP contribution in [0.15, 0.2) is 36.5 Å². The molecule has 1 aromatic carbocycles. The highest BCUT2D eigenvalue weighted by Gasteiger charge is 2.44. The second-order valence-corrected chi connectivity index (χ2v) is 12.8. The monoisotopic (exact) mass is 595 g/mol. The van der Waals surface area contributed by atoms with Gasteiger partial charge in [0, 0.05) is 50.0 Å². The minimum Gasteiger partial charge on any atom is -0.474 e. The molecule has 11 heteroatoms. The smallest absolute Gasteiger partial charge is 0.407 e. The van der Waals surface area contributed by atoms with Gasteiger partial charge in [0.1, 0.15) is 18.1 Å². The molecule has 43 heavy (non-hydrogen) atoms. The van der Waals surface area contributed by atoms with Crippen molar-refractivity contribution in [2.24, 2.45) is 5.92 Å². The minimum absolute atomic E-state index is 0.0220. The van der Waals surface area contributed by atoms with E-state index in [1.165, 1.54) is 17.0 Å². The molecule has 0 spiro atoms. The molecule has 6 rings (SSSR count). The first-order valence-electron chi connectivity index (χ1n) is 15.4. The van der Waals surface area contributed by atoms with Gasteiger partial charge >= 0.3 is 6.09 Å². The van der Waals surface area contributed by atoms with Crippen molar-refractivity contribution in [3.05, 3.63) is 53.5 Å². The lowest BCUT2D eigenvalue weighted by molar-refractivity contribution is -0.123. The number of morpholine rings is 1. The first-order valence-corrected chi connectivity index (χ1v) is 15.4. The summed E-state index contributed by atoms with van der Waals surface area (Å²) in [5.74, 6) is 0.529. The van der Waals surface area contributed by atoms with Gasteiger partial charge in [0.25, 0.3) is 0 Å². The normalized spacial score (nSPS) is 28.3. The second kappa shape index (κ2) is 12.4. The van der Waals surface area contributed by atoms with Crippen molar-refractivity contribution in [2.45, 2.75) is 70.2 Å². The molecule has 232 valence electrons. The van der Waals surface area contributed by atoms with Crippen LogP contribution in [-0.2, 0) is 16.0 Å². The van der Waals surface area contributed by atoms with Gasteiger partial charge in [-0.25, -0.2) is 14.2 Å². The number of aromatic nitrogens is 1. The van der Waals surface area contributed by atoms with Crippen molar-refractivity contribution < 1.29 is 28.6 Å². The Balaban J connectivity index is 1.26. The Kier molecular flexibility index (Phi) is 8.57. The molecule has 1 saturated carbocycles. The van der Waals surface area contributed by atoms with E-state index < -0.39 is 6.09 Å². The van der Waals surface area contributed by atoms with Crippen molar-refractivity contribution >= 4 is 17.7 Å². The van der Waals surface area contributed by atoms with Gasteiger partial charge in [0.15, 0.2) is 0 Å². The third kappa shape index (κ3) is 6.49. The van der Waals surface area contributed by atoms with Crippen molar-refractivity contribution in [2.75, 3.05) is 50.9 Å². The largest absolute Gasteiger partial charge is 0.474 e. The zero-order chi connectivity index (χ0) is 30.2. The number of hydrogen-bond donors (Lipinski definition) is 1. The van der Waals surface area contributed by atoms with Gasteiger partial charge in [-0.3, -0.25) is 19.5 Å². The first kappa shape index (κ1) is 29.8. The summed E-state index contributed by atoms with van der Waals surface area (Å²) in [5, 5.41) is 9.92. The lowest BCUT2D eigenvalue weighted by Crippen LogP contribution is -2.65. The van der Waals surface area contributed by atoms with Crippen LogP contribution in [0.1, 0.15) is 44.7 Å². The average Bonchev–Trinajstić information content (AvgIpc) is 3.82. The van der Waals surface area contributed by atoms with E-state index in [0.717, 1.165) is 24.0 Å². The number of nitrogens with zero attached hydrogens (tertiary/aromatic N) is 5. The highest BCUT2D eigenvalue weighted by atomic mass is 19.1. The molecule has 2 amide bonds. The number of anilines is 1. The van der Waals surface area contributed by atoms with Gasteiger partial charge in [-0.2, -0.15) is 0 Å². The van der Waals surface area contributed by atoms with E-state index in [9.17, 15) is 19.1 Å². The van der Waals surface area contributed by atoms with Crippen molar-refractivity contribution in [1.82, 2.24) is 19.7 Å². The highest BCUT2D eigenvalue weighted by molar-refractivity contribution is 5.97. The first-order chi connectivity index (χ1) is 20.7. The number of rotatable bonds is 7. The van der Waals surface area contributed by atoms with Crippen LogP contribution in [0.25, 0.3) is 0 Å². The van der Waals surface area contributed by atoms with E-state index in [1.54, 1.807) is 18.3 Å². The molecule has 2 aromatic rings. The maximum absolute atomic E-state index is 14.4. The molecular weight excluding hydrogens is 553 g/mol. The summed E-state index contributed by atoms with van der Waals surface area (Å²) in [6, 6.07) is 8.36. The lowest BCUT2D eigenvalue weighted by Gasteiger charge is -2.48. The van der Waals surface area contributed by atoms with E-state index in [1.807, 2.05) is 17.9 Å². The lowest BCUT2D eigenvalue weighted by atomic mass is 10.0. The summed E-state index contributed by atoms with van der Waals surface area (Å²) in [4.78, 5) is 39.0. The third-order valence-electron chi connectivity index (χ3n) is 9.44. The number of carboxylic acid groups (broad SMARTS) is 1. The number of benzene rings is 1. The summed E-state index contributed by atoms with van der Waals surface area (Å²) < 4.78 is 25.3. The molecule has 3 fully saturated rings. The maximum Gasteiger partial charge on any atom is 0.407 e. The number of hydrogen-bond acceptors (Lipinski definition) is 7. The number of fused-ring (bicyclic) bond motifs is 1. The molecular formula is C32H42FN5O5. The number of ether oxygens (including phenoxy) is 2. The molecule has 3 aliphatic heterocycles. The van der Waals surface area contributed by atoms with Crippen molar-refractivity contribution in [1.29, 1.82) is 0 Å². The van der Waals surface area contributed by atoms with E-state index in [4.69, 9.17) is 9.47 Å². The fourth-order valence-corrected chi connectivity index (χ4v) is 6.90. The Hall–Kier alpha value is -3.28. The summed E-state index contributed by atoms with van der Waals surface area (Å²) in [6.07, 6.45) is 3.50. The molecule has 0 radical (unpaired) electrons. The standard InChI is InChI=1S/C32H42FN5O5/c1-20-13-35(27(15-37(20)32(40)41)14-36-21(2)17-42-18-22(36)3)16-30(39)38-28-11-24(10-23-4-8-26(33)9-5-23)12-34-31(28)43-19-29(38)25-6-7-25/h4-5,8-9,11-12,20-22,25,27,29H,6-7,10,13-19H2,1-3H3,(H,40,41)/t20-,21-,22-,27+,29-/m1/s1.